The Morgan fingerprint density at radius 1 is 1.40 bits per heavy atom. The van der Waals surface area contributed by atoms with E-state index in [1.165, 1.54) is 11.1 Å². The highest BCUT2D eigenvalue weighted by molar-refractivity contribution is 7.80. The van der Waals surface area contributed by atoms with E-state index in [1.54, 1.807) is 0 Å². The van der Waals surface area contributed by atoms with Crippen LogP contribution in [-0.4, -0.2) is 53.3 Å². The van der Waals surface area contributed by atoms with Crippen molar-refractivity contribution in [3.63, 3.8) is 0 Å². The maximum Gasteiger partial charge on any atom is 0.247 e. The highest BCUT2D eigenvalue weighted by Crippen LogP contribution is 2.29. The van der Waals surface area contributed by atoms with Crippen molar-refractivity contribution >= 4 is 35.4 Å². The minimum atomic E-state index is -0.858. The molecular weight excluding hydrogens is 278 g/mol. The summed E-state index contributed by atoms with van der Waals surface area (Å²) in [6.45, 7) is 1.28. The molecule has 108 valence electrons. The second-order valence-electron chi connectivity index (χ2n) is 5.36. The first-order chi connectivity index (χ1) is 9.66. The summed E-state index contributed by atoms with van der Waals surface area (Å²) >= 11 is 5.06. The lowest BCUT2D eigenvalue weighted by Crippen LogP contribution is -2.58. The smallest absolute Gasteiger partial charge is 0.247 e. The summed E-state index contributed by atoms with van der Waals surface area (Å²) in [5, 5.41) is 2.81. The van der Waals surface area contributed by atoms with Crippen molar-refractivity contribution in [3.8, 4) is 0 Å². The van der Waals surface area contributed by atoms with Gasteiger partial charge in [0.05, 0.1) is 12.6 Å². The predicted molar refractivity (Wildman–Crippen MR) is 76.4 cm³/mol. The lowest BCUT2D eigenvalue weighted by atomic mass is 10.1. The molecule has 0 aromatic carbocycles. The van der Waals surface area contributed by atoms with Gasteiger partial charge < -0.3 is 10.1 Å². The molecule has 3 rings (SSSR count). The molecule has 3 aliphatic rings. The monoisotopic (exact) mass is 295 g/mol. The van der Waals surface area contributed by atoms with Crippen LogP contribution in [0.4, 0.5) is 0 Å². The number of ether oxygens (including phenoxy) is 1. The van der Waals surface area contributed by atoms with Gasteiger partial charge in [-0.1, -0.05) is 0 Å². The molecule has 1 aliphatic carbocycles. The molecule has 0 aromatic heterocycles. The molecule has 0 aromatic rings. The molecule has 1 unspecified atom stereocenters. The van der Waals surface area contributed by atoms with Crippen LogP contribution in [0.2, 0.25) is 0 Å². The van der Waals surface area contributed by atoms with Crippen molar-refractivity contribution in [1.82, 2.24) is 10.2 Å². The Morgan fingerprint density at radius 3 is 2.85 bits per heavy atom. The van der Waals surface area contributed by atoms with Gasteiger partial charge in [0, 0.05) is 18.9 Å². The molecule has 2 aliphatic heterocycles. The molecule has 2 saturated heterocycles. The first-order valence-electron chi connectivity index (χ1n) is 6.96. The van der Waals surface area contributed by atoms with Crippen molar-refractivity contribution in [3.05, 3.63) is 0 Å². The largest absolute Gasteiger partial charge is 0.376 e. The number of carbonyl (C=O) groups is 2. The van der Waals surface area contributed by atoms with Gasteiger partial charge in [0.1, 0.15) is 0 Å². The van der Waals surface area contributed by atoms with Crippen molar-refractivity contribution in [2.75, 3.05) is 13.2 Å². The second kappa shape index (κ2) is 5.57. The zero-order chi connectivity index (χ0) is 14.1. The molecule has 1 N–H and O–H groups in total. The summed E-state index contributed by atoms with van der Waals surface area (Å²) in [5.74, 6) is -1.49. The van der Waals surface area contributed by atoms with Crippen LogP contribution in [0.5, 0.6) is 0 Å². The fourth-order valence-electron chi connectivity index (χ4n) is 2.49. The summed E-state index contributed by atoms with van der Waals surface area (Å²) in [6.07, 6.45) is 5.49. The van der Waals surface area contributed by atoms with Gasteiger partial charge in [-0.25, -0.2) is 0 Å². The Bertz CT molecular complexity index is 469. The zero-order valence-electron chi connectivity index (χ0n) is 11.1. The van der Waals surface area contributed by atoms with Gasteiger partial charge in [-0.05, 0) is 37.9 Å². The molecule has 0 bridgehead atoms. The van der Waals surface area contributed by atoms with E-state index in [2.05, 4.69) is 10.3 Å². The van der Waals surface area contributed by atoms with Crippen molar-refractivity contribution in [2.24, 2.45) is 10.9 Å². The Balaban J connectivity index is 1.64. The van der Waals surface area contributed by atoms with Crippen molar-refractivity contribution in [1.29, 1.82) is 0 Å². The van der Waals surface area contributed by atoms with Crippen LogP contribution in [0.25, 0.3) is 0 Å². The van der Waals surface area contributed by atoms with Crippen LogP contribution in [0.1, 0.15) is 25.7 Å². The number of amides is 2. The topological polar surface area (TPSA) is 71.0 Å². The molecule has 7 heteroatoms. The maximum atomic E-state index is 12.3. The van der Waals surface area contributed by atoms with Gasteiger partial charge in [-0.2, -0.15) is 0 Å². The predicted octanol–water partition coefficient (Wildman–Crippen LogP) is 0.258. The lowest BCUT2D eigenvalue weighted by Gasteiger charge is -2.30. The van der Waals surface area contributed by atoms with Gasteiger partial charge in [0.2, 0.25) is 11.8 Å². The van der Waals surface area contributed by atoms with E-state index in [-0.39, 0.29) is 29.1 Å². The van der Waals surface area contributed by atoms with Gasteiger partial charge in [-0.15, -0.1) is 0 Å². The van der Waals surface area contributed by atoms with Crippen LogP contribution >= 0.6 is 12.2 Å². The number of aliphatic imine (C=N–C) groups is 1. The van der Waals surface area contributed by atoms with E-state index in [0.717, 1.165) is 32.3 Å². The molecule has 0 spiro atoms. The van der Waals surface area contributed by atoms with Gasteiger partial charge in [-0.3, -0.25) is 19.5 Å². The molecule has 20 heavy (non-hydrogen) atoms. The summed E-state index contributed by atoms with van der Waals surface area (Å²) in [7, 11) is 0. The average Bonchev–Trinajstić information content (AvgIpc) is 3.09. The van der Waals surface area contributed by atoms with Gasteiger partial charge in [0.25, 0.3) is 0 Å². The van der Waals surface area contributed by atoms with Crippen LogP contribution < -0.4 is 5.32 Å². The minimum absolute atomic E-state index is 0.119. The number of rotatable bonds is 4. The molecule has 2 heterocycles. The highest BCUT2D eigenvalue weighted by atomic mass is 32.1. The van der Waals surface area contributed by atoms with Crippen LogP contribution in [0, 0.1) is 5.92 Å². The third-order valence-corrected chi connectivity index (χ3v) is 4.03. The first-order valence-corrected chi connectivity index (χ1v) is 7.37. The van der Waals surface area contributed by atoms with Crippen molar-refractivity contribution < 1.29 is 14.3 Å². The minimum Gasteiger partial charge on any atom is -0.376 e. The van der Waals surface area contributed by atoms with E-state index in [1.807, 2.05) is 0 Å². The van der Waals surface area contributed by atoms with Gasteiger partial charge in [0.15, 0.2) is 11.0 Å². The lowest BCUT2D eigenvalue weighted by molar-refractivity contribution is -0.138. The van der Waals surface area contributed by atoms with E-state index in [9.17, 15) is 9.59 Å². The van der Waals surface area contributed by atoms with Crippen LogP contribution in [0.15, 0.2) is 4.99 Å². The van der Waals surface area contributed by atoms with E-state index in [4.69, 9.17) is 17.0 Å². The number of nitrogens with zero attached hydrogens (tertiary/aromatic N) is 2. The standard InChI is InChI=1S/C13H17N3O3S/c17-11-10(7-14-6-9-2-1-5-19-9)12(18)16(8-3-4-8)13(20)15-11/h7-10H,1-6H2,(H,15,17,20)/t9-,10?/m0/s1. The molecule has 0 radical (unpaired) electrons. The Hall–Kier alpha value is -1.34. The number of nitrogens with one attached hydrogen (secondary N) is 1. The Morgan fingerprint density at radius 2 is 2.20 bits per heavy atom. The van der Waals surface area contributed by atoms with Gasteiger partial charge >= 0.3 is 0 Å². The van der Waals surface area contributed by atoms with E-state index in [0.29, 0.717) is 6.54 Å². The first kappa shape index (κ1) is 13.6. The van der Waals surface area contributed by atoms with Crippen molar-refractivity contribution in [2.45, 2.75) is 37.8 Å². The number of hydrogen-bond donors (Lipinski definition) is 1. The molecule has 3 fully saturated rings. The normalized spacial score (nSPS) is 31.2. The average molecular weight is 295 g/mol. The number of thiocarbonyl (C=S) groups is 1. The molecule has 1 saturated carbocycles. The summed E-state index contributed by atoms with van der Waals surface area (Å²) in [5.41, 5.74) is 0. The molecule has 6 nitrogen and oxygen atoms in total. The fourth-order valence-corrected chi connectivity index (χ4v) is 2.83. The second-order valence-corrected chi connectivity index (χ2v) is 5.75. The summed E-state index contributed by atoms with van der Waals surface area (Å²) in [6, 6.07) is 0.157. The molecular formula is C13H17N3O3S. The zero-order valence-corrected chi connectivity index (χ0v) is 11.9. The van der Waals surface area contributed by atoms with Crippen LogP contribution in [-0.2, 0) is 14.3 Å². The molecule has 2 atom stereocenters. The van der Waals surface area contributed by atoms with Crippen LogP contribution in [0.3, 0.4) is 0 Å². The Labute approximate surface area is 122 Å². The fraction of sp³-hybridized carbons (Fsp3) is 0.692. The number of carbonyl (C=O) groups excluding carboxylic acids is 2. The number of hydrogen-bond acceptors (Lipinski definition) is 5. The molecule has 2 amide bonds. The SMILES string of the molecule is O=C1NC(=S)N(C2CC2)C(=O)C1C=NC[C@@H]1CCCO1. The Kier molecular flexibility index (Phi) is 3.80. The maximum absolute atomic E-state index is 12.3. The third-order valence-electron chi connectivity index (χ3n) is 3.73. The quantitative estimate of drug-likeness (QED) is 0.459. The summed E-state index contributed by atoms with van der Waals surface area (Å²) < 4.78 is 5.45. The highest BCUT2D eigenvalue weighted by Gasteiger charge is 2.44. The third kappa shape index (κ3) is 2.73. The van der Waals surface area contributed by atoms with E-state index >= 15 is 0 Å². The van der Waals surface area contributed by atoms with E-state index < -0.39 is 5.92 Å². The summed E-state index contributed by atoms with van der Waals surface area (Å²) in [4.78, 5) is 29.9.